The van der Waals surface area contributed by atoms with Crippen LogP contribution in [0.4, 0.5) is 0 Å². The van der Waals surface area contributed by atoms with Gasteiger partial charge in [-0.05, 0) is 68.8 Å². The number of nitrogens with one attached hydrogen (secondary N) is 7. The number of carboxylic acid groups (broad SMARTS) is 3. The smallest absolute Gasteiger partial charge is 0.326 e. The molecule has 396 valence electrons. The van der Waals surface area contributed by atoms with Crippen molar-refractivity contribution in [2.45, 2.75) is 147 Å². The maximum absolute atomic E-state index is 13.9. The van der Waals surface area contributed by atoms with E-state index in [0.29, 0.717) is 0 Å². The molecule has 0 heterocycles. The minimum Gasteiger partial charge on any atom is -0.481 e. The number of hydrogen-bond acceptors (Lipinski definition) is 15. The van der Waals surface area contributed by atoms with Gasteiger partial charge in [0.25, 0.3) is 0 Å². The minimum absolute atomic E-state index is 0.0325. The van der Waals surface area contributed by atoms with E-state index in [0.717, 1.165) is 0 Å². The largest absolute Gasteiger partial charge is 0.481 e. The van der Waals surface area contributed by atoms with Gasteiger partial charge in [-0.2, -0.15) is 11.8 Å². The molecule has 0 saturated heterocycles. The summed E-state index contributed by atoms with van der Waals surface area (Å²) in [5.41, 5.74) is 27.2. The van der Waals surface area contributed by atoms with Crippen LogP contribution in [0.1, 0.15) is 98.3 Å². The van der Waals surface area contributed by atoms with Crippen molar-refractivity contribution < 1.29 is 72.9 Å². The molecule has 0 fully saturated rings. The first-order valence-electron chi connectivity index (χ1n) is 22.2. The molecule has 0 saturated carbocycles. The first kappa shape index (κ1) is 63.2. The fraction of sp³-hybridized carbons (Fsp3) is 0.683. The Balaban J connectivity index is 6.73. The first-order chi connectivity index (χ1) is 32.6. The van der Waals surface area contributed by atoms with E-state index in [1.807, 2.05) is 13.8 Å². The summed E-state index contributed by atoms with van der Waals surface area (Å²) >= 11 is 1.21. The predicted molar refractivity (Wildman–Crippen MR) is 252 cm³/mol. The Labute approximate surface area is 408 Å². The number of aliphatic imine (C=N–C) groups is 1. The highest BCUT2D eigenvalue weighted by Gasteiger charge is 2.36. The number of aliphatic carboxylic acids is 3. The van der Waals surface area contributed by atoms with Crippen molar-refractivity contribution in [3.8, 4) is 0 Å². The average molecular weight is 1020 g/mol. The van der Waals surface area contributed by atoms with Crippen LogP contribution in [0.2, 0.25) is 0 Å². The third-order valence-corrected chi connectivity index (χ3v) is 10.7. The second kappa shape index (κ2) is 32.9. The van der Waals surface area contributed by atoms with E-state index in [-0.39, 0.29) is 49.9 Å². The van der Waals surface area contributed by atoms with Gasteiger partial charge >= 0.3 is 17.9 Å². The SMILES string of the molecule is CSCC[C@H](NC(=O)[C@H](CC(=O)O)NC(=O)[C@H](CCC(=O)O)NC(=O)[C@@H](NC(=O)[C@@H](N)CC(C)C)C(C)C)C(=O)N[C@@H](CCC(N)=O)C(=O)N[C@@H](CCCN=C(N)N)C(=O)N[C@@H](CCC(N)=O)C(=O)O. The topological polar surface area (TPSA) is 492 Å². The number of amides is 9. The van der Waals surface area contributed by atoms with Crippen LogP contribution in [-0.2, 0) is 57.5 Å². The molecule has 9 amide bonds. The fourth-order valence-corrected chi connectivity index (χ4v) is 6.80. The van der Waals surface area contributed by atoms with Gasteiger partial charge in [0.1, 0.15) is 42.3 Å². The summed E-state index contributed by atoms with van der Waals surface area (Å²) in [5.74, 6) is -14.2. The zero-order valence-corrected chi connectivity index (χ0v) is 40.8. The van der Waals surface area contributed by atoms with E-state index in [4.69, 9.17) is 28.7 Å². The number of carbonyl (C=O) groups is 12. The molecule has 0 aliphatic rings. The second-order valence-corrected chi connectivity index (χ2v) is 17.9. The van der Waals surface area contributed by atoms with Crippen LogP contribution in [0.15, 0.2) is 4.99 Å². The number of primary amides is 2. The van der Waals surface area contributed by atoms with Gasteiger partial charge < -0.3 is 81.2 Å². The van der Waals surface area contributed by atoms with E-state index >= 15 is 0 Å². The Morgan fingerprint density at radius 1 is 0.514 bits per heavy atom. The third-order valence-electron chi connectivity index (χ3n) is 10.0. The molecule has 29 heteroatoms. The highest BCUT2D eigenvalue weighted by Crippen LogP contribution is 2.11. The lowest BCUT2D eigenvalue weighted by Gasteiger charge is -2.28. The quantitative estimate of drug-likeness (QED) is 0.0159. The van der Waals surface area contributed by atoms with Crippen molar-refractivity contribution in [2.75, 3.05) is 18.6 Å². The lowest BCUT2D eigenvalue weighted by Crippen LogP contribution is -2.60. The maximum Gasteiger partial charge on any atom is 0.326 e. The zero-order valence-electron chi connectivity index (χ0n) is 39.9. The molecule has 0 rings (SSSR count). The maximum atomic E-state index is 13.9. The predicted octanol–water partition coefficient (Wildman–Crippen LogP) is -4.83. The number of nitrogens with zero attached hydrogens (tertiary/aromatic N) is 1. The number of nitrogens with two attached hydrogens (primary N) is 5. The van der Waals surface area contributed by atoms with Crippen LogP contribution in [-0.4, -0.2) is 159 Å². The lowest BCUT2D eigenvalue weighted by atomic mass is 9.99. The van der Waals surface area contributed by atoms with Crippen LogP contribution in [0.3, 0.4) is 0 Å². The third kappa shape index (κ3) is 26.7. The van der Waals surface area contributed by atoms with Crippen LogP contribution >= 0.6 is 11.8 Å². The average Bonchev–Trinajstić information content (AvgIpc) is 3.24. The van der Waals surface area contributed by atoms with Crippen LogP contribution < -0.4 is 65.9 Å². The van der Waals surface area contributed by atoms with Gasteiger partial charge in [-0.1, -0.05) is 27.7 Å². The molecule has 0 aromatic heterocycles. The molecule has 0 aromatic carbocycles. The number of rotatable bonds is 36. The number of guanidine groups is 1. The summed E-state index contributed by atoms with van der Waals surface area (Å²) in [4.78, 5) is 157. The van der Waals surface area contributed by atoms with Crippen molar-refractivity contribution in [2.24, 2.45) is 45.5 Å². The highest BCUT2D eigenvalue weighted by atomic mass is 32.2. The summed E-state index contributed by atoms with van der Waals surface area (Å²) in [6.07, 6.45) is -2.53. The lowest BCUT2D eigenvalue weighted by molar-refractivity contribution is -0.143. The summed E-state index contributed by atoms with van der Waals surface area (Å²) in [7, 11) is 0. The minimum atomic E-state index is -1.96. The molecule has 8 atom stereocenters. The summed E-state index contributed by atoms with van der Waals surface area (Å²) in [6, 6.07) is -12.3. The van der Waals surface area contributed by atoms with Crippen LogP contribution in [0, 0.1) is 11.8 Å². The highest BCUT2D eigenvalue weighted by molar-refractivity contribution is 7.98. The standard InChI is InChI=1S/C41H71N13O15S/c1-19(2)17-21(42)33(61)54-32(20(3)4)39(67)51-24(10-13-30(57)58)36(64)53-27(18-31(59)60)38(66)50-25(14-16-70-5)37(65)49-23(8-11-28(43)55)35(63)48-22(7-6-15-47-41(45)46)34(62)52-26(40(68)69)9-12-29(44)56/h19-27,32H,6-18,42H2,1-5H3,(H2,43,55)(H2,44,56)(H,48,63)(H,49,65)(H,50,66)(H,51,67)(H,52,62)(H,53,64)(H,54,61)(H,57,58)(H,59,60)(H,68,69)(H4,45,46,47)/t21-,22-,23-,24-,25-,26-,27-,32-/m0/s1. The van der Waals surface area contributed by atoms with Gasteiger partial charge in [0.2, 0.25) is 53.2 Å². The van der Waals surface area contributed by atoms with Crippen molar-refractivity contribution in [1.29, 1.82) is 0 Å². The van der Waals surface area contributed by atoms with E-state index in [2.05, 4.69) is 42.2 Å². The van der Waals surface area contributed by atoms with Crippen molar-refractivity contribution in [3.63, 3.8) is 0 Å². The van der Waals surface area contributed by atoms with E-state index in [1.165, 1.54) is 11.8 Å². The Kier molecular flexibility index (Phi) is 29.7. The molecule has 0 aliphatic heterocycles. The van der Waals surface area contributed by atoms with Gasteiger partial charge in [-0.15, -0.1) is 0 Å². The number of carboxylic acids is 3. The van der Waals surface area contributed by atoms with Crippen LogP contribution in [0.5, 0.6) is 0 Å². The number of carbonyl (C=O) groups excluding carboxylic acids is 9. The molecular formula is C41H71N13O15S. The van der Waals surface area contributed by atoms with Gasteiger partial charge in [0, 0.05) is 25.8 Å². The fourth-order valence-electron chi connectivity index (χ4n) is 6.33. The Bertz CT molecular complexity index is 1880. The van der Waals surface area contributed by atoms with Crippen molar-refractivity contribution >= 4 is 88.8 Å². The summed E-state index contributed by atoms with van der Waals surface area (Å²) in [5, 5.41) is 45.2. The van der Waals surface area contributed by atoms with Gasteiger partial charge in [-0.25, -0.2) is 4.79 Å². The van der Waals surface area contributed by atoms with E-state index in [9.17, 15) is 72.9 Å². The van der Waals surface area contributed by atoms with Gasteiger partial charge in [-0.3, -0.25) is 57.7 Å². The molecule has 0 spiro atoms. The molecule has 28 nitrogen and oxygen atoms in total. The summed E-state index contributed by atoms with van der Waals surface area (Å²) < 4.78 is 0. The van der Waals surface area contributed by atoms with Gasteiger partial charge in [0.15, 0.2) is 5.96 Å². The second-order valence-electron chi connectivity index (χ2n) is 16.9. The summed E-state index contributed by atoms with van der Waals surface area (Å²) in [6.45, 7) is 6.79. The monoisotopic (exact) mass is 1020 g/mol. The molecule has 0 bridgehead atoms. The number of hydrogen-bond donors (Lipinski definition) is 15. The first-order valence-corrected chi connectivity index (χ1v) is 23.6. The number of thioether (sulfide) groups is 1. The van der Waals surface area contributed by atoms with Gasteiger partial charge in [0.05, 0.1) is 12.5 Å². The molecule has 0 unspecified atom stereocenters. The van der Waals surface area contributed by atoms with Crippen molar-refractivity contribution in [3.05, 3.63) is 0 Å². The molecule has 20 N–H and O–H groups in total. The Morgan fingerprint density at radius 3 is 1.34 bits per heavy atom. The molecular weight excluding hydrogens is 947 g/mol. The normalized spacial score (nSPS) is 14.4. The van der Waals surface area contributed by atoms with Crippen LogP contribution in [0.25, 0.3) is 0 Å². The molecule has 70 heavy (non-hydrogen) atoms. The molecule has 0 radical (unpaired) electrons. The van der Waals surface area contributed by atoms with Crippen molar-refractivity contribution in [1.82, 2.24) is 37.2 Å². The molecule has 0 aliphatic carbocycles. The Hall–Kier alpha value is -6.78. The molecule has 0 aromatic rings. The van der Waals surface area contributed by atoms with E-state index in [1.54, 1.807) is 20.1 Å². The van der Waals surface area contributed by atoms with E-state index < -0.39 is 170 Å². The zero-order chi connectivity index (χ0) is 53.8. The Morgan fingerprint density at radius 2 is 0.929 bits per heavy atom.